The highest BCUT2D eigenvalue weighted by Crippen LogP contribution is 2.44. The Labute approximate surface area is 154 Å². The van der Waals surface area contributed by atoms with E-state index in [1.807, 2.05) is 6.08 Å². The van der Waals surface area contributed by atoms with Crippen LogP contribution in [0.3, 0.4) is 0 Å². The highest BCUT2D eigenvalue weighted by atomic mass is 35.5. The predicted octanol–water partition coefficient (Wildman–Crippen LogP) is 1.97. The summed E-state index contributed by atoms with van der Waals surface area (Å²) >= 11 is 6.31. The molecule has 1 amide bonds. The molecule has 5 nitrogen and oxygen atoms in total. The van der Waals surface area contributed by atoms with Crippen LogP contribution < -0.4 is 5.32 Å². The zero-order valence-electron chi connectivity index (χ0n) is 14.6. The van der Waals surface area contributed by atoms with E-state index in [1.165, 1.54) is 0 Å². The molecule has 0 aromatic rings. The molecule has 1 radical (unpaired) electrons. The fourth-order valence-corrected chi connectivity index (χ4v) is 5.19. The number of rotatable bonds is 2. The molecule has 1 spiro atoms. The van der Waals surface area contributed by atoms with Crippen molar-refractivity contribution >= 4 is 17.5 Å². The van der Waals surface area contributed by atoms with Crippen LogP contribution in [-0.2, 0) is 4.79 Å². The van der Waals surface area contributed by atoms with Crippen LogP contribution in [0.4, 0.5) is 0 Å². The number of nitrogens with zero attached hydrogens (tertiary/aromatic N) is 2. The van der Waals surface area contributed by atoms with E-state index >= 15 is 0 Å². The fourth-order valence-electron chi connectivity index (χ4n) is 4.93. The SMILES string of the molecule is O=C1N([C@H]2CC[C@@H](O)CC2)CCC12CCN(C1NC=[C]C=C1Cl)CC2. The van der Waals surface area contributed by atoms with Crippen LogP contribution in [0.5, 0.6) is 0 Å². The molecule has 1 saturated carbocycles. The van der Waals surface area contributed by atoms with Crippen molar-refractivity contribution in [3.63, 3.8) is 0 Å². The number of hydrogen-bond donors (Lipinski definition) is 2. The first kappa shape index (κ1) is 17.4. The summed E-state index contributed by atoms with van der Waals surface area (Å²) in [5.74, 6) is 0.361. The van der Waals surface area contributed by atoms with Gasteiger partial charge in [0.1, 0.15) is 6.17 Å². The normalized spacial score (nSPS) is 35.8. The van der Waals surface area contributed by atoms with Crippen LogP contribution in [0, 0.1) is 11.5 Å². The Hall–Kier alpha value is -1.04. The number of carbonyl (C=O) groups is 1. The van der Waals surface area contributed by atoms with Crippen LogP contribution in [-0.4, -0.2) is 58.8 Å². The predicted molar refractivity (Wildman–Crippen MR) is 96.5 cm³/mol. The summed E-state index contributed by atoms with van der Waals surface area (Å²) in [7, 11) is 0. The maximum atomic E-state index is 13.2. The van der Waals surface area contributed by atoms with Crippen molar-refractivity contribution < 1.29 is 9.90 Å². The van der Waals surface area contributed by atoms with Gasteiger partial charge in [-0.2, -0.15) is 0 Å². The van der Waals surface area contributed by atoms with E-state index in [0.29, 0.717) is 11.9 Å². The lowest BCUT2D eigenvalue weighted by Gasteiger charge is -2.42. The minimum Gasteiger partial charge on any atom is -0.393 e. The van der Waals surface area contributed by atoms with Crippen molar-refractivity contribution in [2.24, 2.45) is 5.41 Å². The van der Waals surface area contributed by atoms with Crippen LogP contribution in [0.15, 0.2) is 17.3 Å². The zero-order valence-corrected chi connectivity index (χ0v) is 15.3. The Bertz CT molecular complexity index is 575. The average molecular weight is 365 g/mol. The first-order chi connectivity index (χ1) is 12.1. The lowest BCUT2D eigenvalue weighted by Crippen LogP contribution is -2.53. The Balaban J connectivity index is 1.37. The number of allylic oxidation sites excluding steroid dienone is 2. The molecule has 3 aliphatic heterocycles. The number of aliphatic hydroxyl groups excluding tert-OH is 1. The third kappa shape index (κ3) is 3.22. The van der Waals surface area contributed by atoms with Crippen molar-refractivity contribution in [2.45, 2.75) is 63.3 Å². The molecule has 4 rings (SSSR count). The van der Waals surface area contributed by atoms with Crippen molar-refractivity contribution in [3.8, 4) is 0 Å². The Morgan fingerprint density at radius 2 is 1.84 bits per heavy atom. The van der Waals surface area contributed by atoms with Crippen molar-refractivity contribution in [2.75, 3.05) is 19.6 Å². The number of amides is 1. The van der Waals surface area contributed by atoms with Crippen LogP contribution in [0.2, 0.25) is 0 Å². The fraction of sp³-hybridized carbons (Fsp3) is 0.737. The zero-order chi connectivity index (χ0) is 17.4. The Kier molecular flexibility index (Phi) is 4.82. The van der Waals surface area contributed by atoms with Gasteiger partial charge in [-0.05, 0) is 51.0 Å². The van der Waals surface area contributed by atoms with Gasteiger partial charge in [0.05, 0.1) is 16.6 Å². The third-order valence-electron chi connectivity index (χ3n) is 6.58. The van der Waals surface area contributed by atoms with Crippen LogP contribution >= 0.6 is 11.6 Å². The van der Waals surface area contributed by atoms with E-state index in [9.17, 15) is 9.90 Å². The molecule has 6 heteroatoms. The van der Waals surface area contributed by atoms with E-state index in [4.69, 9.17) is 11.6 Å². The summed E-state index contributed by atoms with van der Waals surface area (Å²) in [4.78, 5) is 17.6. The van der Waals surface area contributed by atoms with Gasteiger partial charge in [0.15, 0.2) is 0 Å². The van der Waals surface area contributed by atoms with E-state index in [1.54, 1.807) is 6.20 Å². The second-order valence-electron chi connectivity index (χ2n) is 7.94. The molecule has 1 atom stereocenters. The number of likely N-dealkylation sites (tertiary alicyclic amines) is 2. The molecule has 0 bridgehead atoms. The van der Waals surface area contributed by atoms with Gasteiger partial charge in [0, 0.05) is 38.0 Å². The number of hydrogen-bond acceptors (Lipinski definition) is 4. The summed E-state index contributed by atoms with van der Waals surface area (Å²) in [5.41, 5.74) is -0.167. The standard InChI is InChI=1S/C19H27ClN3O2/c20-16-2-1-10-21-17(16)22-11-7-19(8-12-22)9-13-23(18(19)25)14-3-5-15(24)6-4-14/h2,10,14-15,17,21,24H,3-9,11-13H2/t14-,15+,17?. The lowest BCUT2D eigenvalue weighted by atomic mass is 9.76. The lowest BCUT2D eigenvalue weighted by molar-refractivity contribution is -0.141. The maximum absolute atomic E-state index is 13.2. The molecule has 2 saturated heterocycles. The average Bonchev–Trinajstić information content (AvgIpc) is 2.94. The summed E-state index contributed by atoms with van der Waals surface area (Å²) < 4.78 is 0. The molecule has 1 aliphatic carbocycles. The quantitative estimate of drug-likeness (QED) is 0.786. The minimum absolute atomic E-state index is 0.0210. The number of carbonyl (C=O) groups excluding carboxylic acids is 1. The second-order valence-corrected chi connectivity index (χ2v) is 8.37. The Morgan fingerprint density at radius 1 is 1.16 bits per heavy atom. The molecule has 25 heavy (non-hydrogen) atoms. The van der Waals surface area contributed by atoms with Crippen molar-refractivity contribution in [1.82, 2.24) is 15.1 Å². The first-order valence-electron chi connectivity index (χ1n) is 9.52. The highest BCUT2D eigenvalue weighted by Gasteiger charge is 2.50. The number of nitrogens with one attached hydrogen (secondary N) is 1. The van der Waals surface area contributed by atoms with Gasteiger partial charge in [0.25, 0.3) is 0 Å². The number of piperidine rings is 1. The van der Waals surface area contributed by atoms with E-state index < -0.39 is 0 Å². The third-order valence-corrected chi connectivity index (χ3v) is 6.90. The first-order valence-corrected chi connectivity index (χ1v) is 9.89. The molecule has 0 aromatic heterocycles. The molecule has 1 unspecified atom stereocenters. The smallest absolute Gasteiger partial charge is 0.229 e. The van der Waals surface area contributed by atoms with Gasteiger partial charge >= 0.3 is 0 Å². The van der Waals surface area contributed by atoms with Crippen LogP contribution in [0.25, 0.3) is 0 Å². The number of halogens is 1. The topological polar surface area (TPSA) is 55.8 Å². The van der Waals surface area contributed by atoms with Gasteiger partial charge in [-0.15, -0.1) is 0 Å². The summed E-state index contributed by atoms with van der Waals surface area (Å²) in [6.07, 6.45) is 12.8. The van der Waals surface area contributed by atoms with Gasteiger partial charge in [-0.3, -0.25) is 9.69 Å². The van der Waals surface area contributed by atoms with Crippen molar-refractivity contribution in [3.05, 3.63) is 23.4 Å². The van der Waals surface area contributed by atoms with Gasteiger partial charge in [-0.1, -0.05) is 11.6 Å². The number of dihydropyridines is 1. The molecule has 137 valence electrons. The van der Waals surface area contributed by atoms with E-state index in [2.05, 4.69) is 21.2 Å². The summed E-state index contributed by atoms with van der Waals surface area (Å²) in [6, 6.07) is 0.339. The van der Waals surface area contributed by atoms with Crippen molar-refractivity contribution in [1.29, 1.82) is 0 Å². The van der Waals surface area contributed by atoms with Gasteiger partial charge in [-0.25, -0.2) is 0 Å². The minimum atomic E-state index is -0.168. The monoisotopic (exact) mass is 364 g/mol. The molecule has 0 aromatic carbocycles. The summed E-state index contributed by atoms with van der Waals surface area (Å²) in [6.45, 7) is 2.66. The number of aliphatic hydroxyl groups is 1. The molecule has 2 N–H and O–H groups in total. The maximum Gasteiger partial charge on any atom is 0.229 e. The molecule has 3 heterocycles. The Morgan fingerprint density at radius 3 is 2.52 bits per heavy atom. The molecule has 3 fully saturated rings. The van der Waals surface area contributed by atoms with E-state index in [0.717, 1.165) is 69.6 Å². The van der Waals surface area contributed by atoms with Crippen LogP contribution in [0.1, 0.15) is 44.9 Å². The second kappa shape index (κ2) is 6.93. The van der Waals surface area contributed by atoms with Gasteiger partial charge in [0.2, 0.25) is 5.91 Å². The summed E-state index contributed by atoms with van der Waals surface area (Å²) in [5, 5.41) is 13.7. The molecule has 4 aliphatic rings. The molecular weight excluding hydrogens is 338 g/mol. The highest BCUT2D eigenvalue weighted by molar-refractivity contribution is 6.30. The molecular formula is C19H27ClN3O2. The van der Waals surface area contributed by atoms with Gasteiger partial charge < -0.3 is 15.3 Å². The van der Waals surface area contributed by atoms with E-state index in [-0.39, 0.29) is 17.7 Å². The largest absolute Gasteiger partial charge is 0.393 e.